The number of amides is 4. The minimum Gasteiger partial charge on any atom is -0.376 e. The van der Waals surface area contributed by atoms with Gasteiger partial charge in [0.05, 0.1) is 12.5 Å². The van der Waals surface area contributed by atoms with Crippen molar-refractivity contribution in [2.75, 3.05) is 25.0 Å². The number of nitrogens with one attached hydrogen (secondary N) is 2. The molecular weight excluding hydrogens is 429 g/mol. The first-order chi connectivity index (χ1) is 15.1. The number of carbonyl (C=O) groups is 4. The van der Waals surface area contributed by atoms with E-state index < -0.39 is 24.0 Å². The van der Waals surface area contributed by atoms with Gasteiger partial charge in [0, 0.05) is 42.9 Å². The van der Waals surface area contributed by atoms with Crippen LogP contribution in [-0.4, -0.2) is 65.3 Å². The van der Waals surface area contributed by atoms with Crippen LogP contribution in [0.4, 0.5) is 18.9 Å². The van der Waals surface area contributed by atoms with E-state index in [1.807, 2.05) is 0 Å². The van der Waals surface area contributed by atoms with E-state index in [0.717, 1.165) is 0 Å². The van der Waals surface area contributed by atoms with Crippen molar-refractivity contribution in [3.8, 4) is 0 Å². The van der Waals surface area contributed by atoms with Gasteiger partial charge in [0.1, 0.15) is 6.04 Å². The summed E-state index contributed by atoms with van der Waals surface area (Å²) >= 11 is 0. The number of anilines is 1. The normalized spacial score (nSPS) is 22.1. The minimum absolute atomic E-state index is 0.0549. The van der Waals surface area contributed by atoms with E-state index >= 15 is 0 Å². The molecule has 0 spiro atoms. The van der Waals surface area contributed by atoms with E-state index in [9.17, 15) is 32.3 Å². The van der Waals surface area contributed by atoms with Gasteiger partial charge in [-0.15, -0.1) is 0 Å². The van der Waals surface area contributed by atoms with E-state index in [1.165, 1.54) is 9.80 Å². The first-order valence-corrected chi connectivity index (χ1v) is 10.5. The lowest BCUT2D eigenvalue weighted by Crippen LogP contribution is -2.52. The number of rotatable bonds is 4. The van der Waals surface area contributed by atoms with Crippen LogP contribution in [0.3, 0.4) is 0 Å². The summed E-state index contributed by atoms with van der Waals surface area (Å²) in [5.74, 6) is -2.88. The number of imide groups is 1. The van der Waals surface area contributed by atoms with Crippen LogP contribution in [0.5, 0.6) is 0 Å². The van der Waals surface area contributed by atoms with Crippen molar-refractivity contribution >= 4 is 29.3 Å². The lowest BCUT2D eigenvalue weighted by molar-refractivity contribution is -0.186. The largest absolute Gasteiger partial charge is 0.391 e. The number of likely N-dealkylation sites (tertiary alicyclic amines) is 1. The standard InChI is InChI=1S/C21H23F3N4O4/c22-21(23,24)12-6-8-27(9-7-12)18(30)10-25-15-3-1-2-13-14(15)11-28(20(13)32)16-4-5-17(29)26-19(16)31/h1-3,12,16,25H,4-11H2,(H,26,29,31). The fraction of sp³-hybridized carbons (Fsp3) is 0.524. The molecule has 11 heteroatoms. The zero-order valence-electron chi connectivity index (χ0n) is 17.2. The Kier molecular flexibility index (Phi) is 5.83. The van der Waals surface area contributed by atoms with Crippen LogP contribution in [0.1, 0.15) is 41.6 Å². The zero-order valence-corrected chi connectivity index (χ0v) is 17.2. The van der Waals surface area contributed by atoms with E-state index in [2.05, 4.69) is 10.6 Å². The second-order valence-corrected chi connectivity index (χ2v) is 8.28. The molecule has 1 aromatic rings. The molecule has 2 N–H and O–H groups in total. The molecule has 0 radical (unpaired) electrons. The number of alkyl halides is 3. The summed E-state index contributed by atoms with van der Waals surface area (Å²) in [6.45, 7) is 0.160. The first kappa shape index (κ1) is 22.1. The van der Waals surface area contributed by atoms with Crippen molar-refractivity contribution in [2.24, 2.45) is 5.92 Å². The summed E-state index contributed by atoms with van der Waals surface area (Å²) in [4.78, 5) is 51.8. The molecule has 4 rings (SSSR count). The predicted molar refractivity (Wildman–Crippen MR) is 106 cm³/mol. The summed E-state index contributed by atoms with van der Waals surface area (Å²) in [6.07, 6.45) is -4.05. The number of hydrogen-bond acceptors (Lipinski definition) is 5. The third kappa shape index (κ3) is 4.28. The Morgan fingerprint density at radius 2 is 1.84 bits per heavy atom. The van der Waals surface area contributed by atoms with Crippen LogP contribution < -0.4 is 10.6 Å². The van der Waals surface area contributed by atoms with Gasteiger partial charge < -0.3 is 15.1 Å². The number of halogens is 3. The SMILES string of the molecule is O=C1CCC(N2Cc3c(NCC(=O)N4CCC(C(F)(F)F)CC4)cccc3C2=O)C(=O)N1. The molecule has 0 aromatic heterocycles. The number of fused-ring (bicyclic) bond motifs is 1. The van der Waals surface area contributed by atoms with Gasteiger partial charge in [-0.2, -0.15) is 13.2 Å². The van der Waals surface area contributed by atoms with Crippen LogP contribution in [-0.2, 0) is 20.9 Å². The fourth-order valence-electron chi connectivity index (χ4n) is 4.49. The maximum atomic E-state index is 12.8. The fourth-order valence-corrected chi connectivity index (χ4v) is 4.49. The average Bonchev–Trinajstić information content (AvgIpc) is 3.08. The molecule has 32 heavy (non-hydrogen) atoms. The maximum absolute atomic E-state index is 12.8. The van der Waals surface area contributed by atoms with Gasteiger partial charge in [-0.1, -0.05) is 6.07 Å². The second-order valence-electron chi connectivity index (χ2n) is 8.28. The quantitative estimate of drug-likeness (QED) is 0.678. The molecule has 1 unspecified atom stereocenters. The topological polar surface area (TPSA) is 98.8 Å². The highest BCUT2D eigenvalue weighted by Gasteiger charge is 2.42. The minimum atomic E-state index is -4.24. The van der Waals surface area contributed by atoms with Gasteiger partial charge in [-0.3, -0.25) is 24.5 Å². The summed E-state index contributed by atoms with van der Waals surface area (Å²) < 4.78 is 38.5. The average molecular weight is 452 g/mol. The first-order valence-electron chi connectivity index (χ1n) is 10.5. The second kappa shape index (κ2) is 8.44. The molecule has 4 amide bonds. The van der Waals surface area contributed by atoms with Crippen molar-refractivity contribution in [1.29, 1.82) is 0 Å². The molecule has 0 saturated carbocycles. The van der Waals surface area contributed by atoms with Crippen LogP contribution in [0.15, 0.2) is 18.2 Å². The van der Waals surface area contributed by atoms with E-state index in [-0.39, 0.29) is 69.6 Å². The highest BCUT2D eigenvalue weighted by Crippen LogP contribution is 2.34. The van der Waals surface area contributed by atoms with Gasteiger partial charge in [0.15, 0.2) is 0 Å². The molecule has 2 saturated heterocycles. The molecule has 3 aliphatic heterocycles. The Morgan fingerprint density at radius 1 is 1.12 bits per heavy atom. The molecule has 0 aliphatic carbocycles. The Morgan fingerprint density at radius 3 is 2.50 bits per heavy atom. The molecule has 172 valence electrons. The Hall–Kier alpha value is -3.11. The highest BCUT2D eigenvalue weighted by molar-refractivity contribution is 6.06. The lowest BCUT2D eigenvalue weighted by Gasteiger charge is -2.33. The zero-order chi connectivity index (χ0) is 23.0. The van der Waals surface area contributed by atoms with E-state index in [1.54, 1.807) is 18.2 Å². The third-order valence-electron chi connectivity index (χ3n) is 6.32. The van der Waals surface area contributed by atoms with Gasteiger partial charge in [-0.05, 0) is 31.4 Å². The van der Waals surface area contributed by atoms with Crippen LogP contribution in [0.2, 0.25) is 0 Å². The highest BCUT2D eigenvalue weighted by atomic mass is 19.4. The summed E-state index contributed by atoms with van der Waals surface area (Å²) in [6, 6.07) is 4.27. The molecule has 1 atom stereocenters. The summed E-state index contributed by atoms with van der Waals surface area (Å²) in [5, 5.41) is 5.25. The van der Waals surface area contributed by atoms with Crippen LogP contribution in [0.25, 0.3) is 0 Å². The number of hydrogen-bond donors (Lipinski definition) is 2. The Bertz CT molecular complexity index is 957. The molecule has 0 bridgehead atoms. The number of nitrogens with zero attached hydrogens (tertiary/aromatic N) is 2. The van der Waals surface area contributed by atoms with E-state index in [4.69, 9.17) is 0 Å². The number of benzene rings is 1. The monoisotopic (exact) mass is 452 g/mol. The van der Waals surface area contributed by atoms with Crippen molar-refractivity contribution in [2.45, 2.75) is 44.4 Å². The molecule has 2 fully saturated rings. The number of carbonyl (C=O) groups excluding carboxylic acids is 4. The Balaban J connectivity index is 1.38. The van der Waals surface area contributed by atoms with E-state index in [0.29, 0.717) is 16.8 Å². The van der Waals surface area contributed by atoms with Gasteiger partial charge >= 0.3 is 6.18 Å². The number of piperidine rings is 2. The lowest BCUT2D eigenvalue weighted by atomic mass is 9.96. The van der Waals surface area contributed by atoms with Crippen molar-refractivity contribution in [3.05, 3.63) is 29.3 Å². The molecule has 1 aromatic carbocycles. The smallest absolute Gasteiger partial charge is 0.376 e. The van der Waals surface area contributed by atoms with Crippen molar-refractivity contribution in [3.63, 3.8) is 0 Å². The summed E-state index contributed by atoms with van der Waals surface area (Å²) in [7, 11) is 0. The predicted octanol–water partition coefficient (Wildman–Crippen LogP) is 1.66. The van der Waals surface area contributed by atoms with Crippen molar-refractivity contribution < 1.29 is 32.3 Å². The van der Waals surface area contributed by atoms with Gasteiger partial charge in [0.25, 0.3) is 5.91 Å². The third-order valence-corrected chi connectivity index (χ3v) is 6.32. The molecule has 3 heterocycles. The van der Waals surface area contributed by atoms with Crippen LogP contribution >= 0.6 is 0 Å². The van der Waals surface area contributed by atoms with Gasteiger partial charge in [0.2, 0.25) is 17.7 Å². The summed E-state index contributed by atoms with van der Waals surface area (Å²) in [5.41, 5.74) is 1.62. The molecule has 3 aliphatic rings. The Labute approximate surface area is 182 Å². The molecular formula is C21H23F3N4O4. The van der Waals surface area contributed by atoms with Crippen molar-refractivity contribution in [1.82, 2.24) is 15.1 Å². The maximum Gasteiger partial charge on any atom is 0.391 e. The van der Waals surface area contributed by atoms with Crippen LogP contribution in [0, 0.1) is 5.92 Å². The molecule has 8 nitrogen and oxygen atoms in total. The van der Waals surface area contributed by atoms with Gasteiger partial charge in [-0.25, -0.2) is 0 Å².